The minimum absolute atomic E-state index is 0.0113. The van der Waals surface area contributed by atoms with Crippen LogP contribution in [-0.2, 0) is 11.2 Å². The lowest BCUT2D eigenvalue weighted by atomic mass is 10.1. The van der Waals surface area contributed by atoms with E-state index in [2.05, 4.69) is 17.2 Å². The van der Waals surface area contributed by atoms with Crippen LogP contribution in [0, 0.1) is 10.1 Å². The number of amides is 1. The zero-order valence-corrected chi connectivity index (χ0v) is 16.8. The molecule has 0 bridgehead atoms. The molecule has 0 saturated carbocycles. The normalized spacial score (nSPS) is 16.2. The third kappa shape index (κ3) is 4.18. The van der Waals surface area contributed by atoms with E-state index in [1.165, 1.54) is 23.9 Å². The van der Waals surface area contributed by atoms with E-state index in [0.29, 0.717) is 27.2 Å². The average molecular weight is 419 g/mol. The number of thioether (sulfide) groups is 1. The third-order valence-corrected chi connectivity index (χ3v) is 5.40. The second kappa shape index (κ2) is 8.38. The summed E-state index contributed by atoms with van der Waals surface area (Å²) in [6.07, 6.45) is 2.48. The molecule has 1 saturated heterocycles. The lowest BCUT2D eigenvalue weighted by Gasteiger charge is -2.02. The van der Waals surface area contributed by atoms with Crippen LogP contribution in [0.2, 0.25) is 0 Å². The van der Waals surface area contributed by atoms with E-state index < -0.39 is 4.92 Å². The molecule has 1 fully saturated rings. The molecule has 0 unspecified atom stereocenters. The molecule has 1 N–H and O–H groups in total. The number of aliphatic imine (C=N–C) groups is 1. The van der Waals surface area contributed by atoms with Crippen molar-refractivity contribution >= 4 is 40.3 Å². The van der Waals surface area contributed by atoms with Gasteiger partial charge in [0.1, 0.15) is 11.5 Å². The van der Waals surface area contributed by atoms with Crippen molar-refractivity contribution in [3.8, 4) is 11.3 Å². The van der Waals surface area contributed by atoms with E-state index in [1.54, 1.807) is 30.3 Å². The Morgan fingerprint density at radius 1 is 1.17 bits per heavy atom. The summed E-state index contributed by atoms with van der Waals surface area (Å²) in [5.41, 5.74) is 2.51. The molecule has 2 aromatic carbocycles. The summed E-state index contributed by atoms with van der Waals surface area (Å²) in [5.74, 6) is 0.713. The molecule has 1 aliphatic heterocycles. The van der Waals surface area contributed by atoms with Gasteiger partial charge in [-0.1, -0.05) is 37.3 Å². The maximum absolute atomic E-state index is 12.3. The number of nitrogens with zero attached hydrogens (tertiary/aromatic N) is 2. The first-order chi connectivity index (χ1) is 14.5. The van der Waals surface area contributed by atoms with Crippen molar-refractivity contribution in [3.63, 3.8) is 0 Å². The number of para-hydroxylation sites is 1. The number of furan rings is 1. The molecule has 30 heavy (non-hydrogen) atoms. The molecule has 1 aliphatic rings. The number of carbonyl (C=O) groups is 1. The van der Waals surface area contributed by atoms with Crippen molar-refractivity contribution in [2.24, 2.45) is 4.99 Å². The SMILES string of the molecule is CCc1ccccc1N=C1NC(=O)/C(=C\c2ccc(-c3cccc([N+](=O)[O-])c3)o2)S1. The molecule has 0 atom stereocenters. The van der Waals surface area contributed by atoms with Gasteiger partial charge in [0.05, 0.1) is 15.5 Å². The molecule has 1 aromatic heterocycles. The Hall–Kier alpha value is -3.65. The maximum Gasteiger partial charge on any atom is 0.270 e. The standard InChI is InChI=1S/C22H17N3O4S/c1-2-14-6-3-4-9-18(14)23-22-24-21(26)20(30-22)13-17-10-11-19(29-17)15-7-5-8-16(12-15)25(27)28/h3-13H,2H2,1H3,(H,23,24,26)/b20-13+. The maximum atomic E-state index is 12.3. The number of nitro groups is 1. The van der Waals surface area contributed by atoms with Crippen LogP contribution in [0.4, 0.5) is 11.4 Å². The van der Waals surface area contributed by atoms with E-state index in [4.69, 9.17) is 4.42 Å². The smallest absolute Gasteiger partial charge is 0.270 e. The fourth-order valence-electron chi connectivity index (χ4n) is 3.00. The minimum atomic E-state index is -0.452. The number of non-ortho nitro benzene ring substituents is 1. The molecule has 4 rings (SSSR count). The molecule has 0 spiro atoms. The summed E-state index contributed by atoms with van der Waals surface area (Å²) >= 11 is 1.24. The fraction of sp³-hybridized carbons (Fsp3) is 0.0909. The van der Waals surface area contributed by atoms with Gasteiger partial charge in [-0.3, -0.25) is 14.9 Å². The van der Waals surface area contributed by atoms with Crippen LogP contribution in [0.5, 0.6) is 0 Å². The van der Waals surface area contributed by atoms with Crippen LogP contribution < -0.4 is 5.32 Å². The van der Waals surface area contributed by atoms with E-state index in [9.17, 15) is 14.9 Å². The molecule has 150 valence electrons. The van der Waals surface area contributed by atoms with Crippen LogP contribution in [-0.4, -0.2) is 16.0 Å². The predicted octanol–water partition coefficient (Wildman–Crippen LogP) is 5.31. The quantitative estimate of drug-likeness (QED) is 0.343. The van der Waals surface area contributed by atoms with E-state index in [1.807, 2.05) is 24.3 Å². The van der Waals surface area contributed by atoms with Crippen LogP contribution in [0.1, 0.15) is 18.2 Å². The number of nitro benzene ring substituents is 1. The Bertz CT molecular complexity index is 1200. The predicted molar refractivity (Wildman–Crippen MR) is 117 cm³/mol. The summed E-state index contributed by atoms with van der Waals surface area (Å²) in [6, 6.07) is 17.4. The number of amidine groups is 1. The van der Waals surface area contributed by atoms with Crippen molar-refractivity contribution in [2.45, 2.75) is 13.3 Å². The summed E-state index contributed by atoms with van der Waals surface area (Å²) in [6.45, 7) is 2.06. The van der Waals surface area contributed by atoms with Crippen LogP contribution >= 0.6 is 11.8 Å². The first kappa shape index (κ1) is 19.7. The van der Waals surface area contributed by atoms with Gasteiger partial charge < -0.3 is 9.73 Å². The monoisotopic (exact) mass is 419 g/mol. The van der Waals surface area contributed by atoms with Gasteiger partial charge >= 0.3 is 0 Å². The second-order valence-electron chi connectivity index (χ2n) is 6.47. The molecule has 7 nitrogen and oxygen atoms in total. The molecule has 2 heterocycles. The zero-order valence-electron chi connectivity index (χ0n) is 16.0. The molecule has 8 heteroatoms. The summed E-state index contributed by atoms with van der Waals surface area (Å²) in [7, 11) is 0. The molecule has 0 aliphatic carbocycles. The van der Waals surface area contributed by atoms with E-state index in [0.717, 1.165) is 17.7 Å². The van der Waals surface area contributed by atoms with Gasteiger partial charge in [0, 0.05) is 23.8 Å². The van der Waals surface area contributed by atoms with Crippen molar-refractivity contribution in [1.82, 2.24) is 5.32 Å². The van der Waals surface area contributed by atoms with Gasteiger partial charge in [-0.15, -0.1) is 0 Å². The Balaban J connectivity index is 1.56. The first-order valence-electron chi connectivity index (χ1n) is 9.25. The van der Waals surface area contributed by atoms with Gasteiger partial charge in [0.15, 0.2) is 5.17 Å². The summed E-state index contributed by atoms with van der Waals surface area (Å²) in [4.78, 5) is 27.9. The Kier molecular flexibility index (Phi) is 5.49. The van der Waals surface area contributed by atoms with Crippen LogP contribution in [0.25, 0.3) is 17.4 Å². The second-order valence-corrected chi connectivity index (χ2v) is 7.50. The molecule has 0 radical (unpaired) electrons. The van der Waals surface area contributed by atoms with Gasteiger partial charge in [-0.25, -0.2) is 4.99 Å². The molecular weight excluding hydrogens is 402 g/mol. The number of nitrogens with one attached hydrogen (secondary N) is 1. The lowest BCUT2D eigenvalue weighted by molar-refractivity contribution is -0.384. The van der Waals surface area contributed by atoms with E-state index >= 15 is 0 Å². The number of rotatable bonds is 5. The van der Waals surface area contributed by atoms with Crippen molar-refractivity contribution in [3.05, 3.63) is 87.0 Å². The highest BCUT2D eigenvalue weighted by molar-refractivity contribution is 8.18. The molecule has 3 aromatic rings. The summed E-state index contributed by atoms with van der Waals surface area (Å²) < 4.78 is 5.77. The van der Waals surface area contributed by atoms with Gasteiger partial charge in [-0.05, 0) is 41.9 Å². The largest absolute Gasteiger partial charge is 0.457 e. The van der Waals surface area contributed by atoms with Crippen molar-refractivity contribution in [2.75, 3.05) is 0 Å². The number of hydrogen-bond donors (Lipinski definition) is 1. The highest BCUT2D eigenvalue weighted by Gasteiger charge is 2.24. The Labute approximate surface area is 176 Å². The fourth-order valence-corrected chi connectivity index (χ4v) is 3.81. The first-order valence-corrected chi connectivity index (χ1v) is 10.1. The number of aryl methyl sites for hydroxylation is 1. The van der Waals surface area contributed by atoms with Crippen molar-refractivity contribution in [1.29, 1.82) is 0 Å². The number of carbonyl (C=O) groups excluding carboxylic acids is 1. The highest BCUT2D eigenvalue weighted by atomic mass is 32.2. The summed E-state index contributed by atoms with van der Waals surface area (Å²) in [5, 5.41) is 14.2. The van der Waals surface area contributed by atoms with Gasteiger partial charge in [-0.2, -0.15) is 0 Å². The minimum Gasteiger partial charge on any atom is -0.457 e. The molecular formula is C22H17N3O4S. The van der Waals surface area contributed by atoms with E-state index in [-0.39, 0.29) is 11.6 Å². The Morgan fingerprint density at radius 2 is 2.00 bits per heavy atom. The van der Waals surface area contributed by atoms with Crippen LogP contribution in [0.3, 0.4) is 0 Å². The Morgan fingerprint density at radius 3 is 2.80 bits per heavy atom. The van der Waals surface area contributed by atoms with Crippen LogP contribution in [0.15, 0.2) is 75.0 Å². The topological polar surface area (TPSA) is 97.7 Å². The zero-order chi connectivity index (χ0) is 21.1. The average Bonchev–Trinajstić information content (AvgIpc) is 3.35. The molecule has 1 amide bonds. The highest BCUT2D eigenvalue weighted by Crippen LogP contribution is 2.31. The van der Waals surface area contributed by atoms with Crippen molar-refractivity contribution < 1.29 is 14.1 Å². The van der Waals surface area contributed by atoms with Gasteiger partial charge in [0.25, 0.3) is 11.6 Å². The number of hydrogen-bond acceptors (Lipinski definition) is 6. The lowest BCUT2D eigenvalue weighted by Crippen LogP contribution is -2.19. The number of benzene rings is 2. The third-order valence-electron chi connectivity index (χ3n) is 4.49. The van der Waals surface area contributed by atoms with Gasteiger partial charge in [0.2, 0.25) is 0 Å².